The molecule has 2 aromatic carbocycles. The zero-order valence-electron chi connectivity index (χ0n) is 16.6. The topological polar surface area (TPSA) is 80.8 Å². The minimum Gasteiger partial charge on any atom is -0.451 e. The number of carbonyl (C=O) groups excluding carboxylic acids is 2. The van der Waals surface area contributed by atoms with Gasteiger partial charge in [0.25, 0.3) is 0 Å². The standard InChI is InChI=1S/C22H25NO5S/c1-16-9-11-18(12-10-16)21(24)17(2)28-22(25)19-7-6-8-20(15-19)29(26,27)23-13-4-3-5-14-23/h6-12,15,17H,3-5,13-14H2,1-2H3. The molecule has 1 fully saturated rings. The Labute approximate surface area is 171 Å². The van der Waals surface area contributed by atoms with Gasteiger partial charge in [0.1, 0.15) is 0 Å². The lowest BCUT2D eigenvalue weighted by molar-refractivity contribution is 0.0318. The number of hydrogen-bond acceptors (Lipinski definition) is 5. The van der Waals surface area contributed by atoms with Crippen molar-refractivity contribution in [1.29, 1.82) is 0 Å². The highest BCUT2D eigenvalue weighted by atomic mass is 32.2. The van der Waals surface area contributed by atoms with Gasteiger partial charge in [-0.15, -0.1) is 0 Å². The summed E-state index contributed by atoms with van der Waals surface area (Å²) in [4.78, 5) is 25.1. The molecule has 1 atom stereocenters. The number of rotatable bonds is 6. The van der Waals surface area contributed by atoms with E-state index in [0.29, 0.717) is 18.7 Å². The summed E-state index contributed by atoms with van der Waals surface area (Å²) in [5.74, 6) is -1.04. The van der Waals surface area contributed by atoms with Gasteiger partial charge in [-0.05, 0) is 44.9 Å². The van der Waals surface area contributed by atoms with Crippen molar-refractivity contribution in [2.75, 3.05) is 13.1 Å². The van der Waals surface area contributed by atoms with Crippen LogP contribution in [0.15, 0.2) is 53.4 Å². The minimum absolute atomic E-state index is 0.0614. The highest BCUT2D eigenvalue weighted by Gasteiger charge is 2.27. The van der Waals surface area contributed by atoms with Crippen LogP contribution < -0.4 is 0 Å². The summed E-state index contributed by atoms with van der Waals surface area (Å²) < 4.78 is 32.4. The number of esters is 1. The Morgan fingerprint density at radius 2 is 1.62 bits per heavy atom. The zero-order chi connectivity index (χ0) is 21.0. The van der Waals surface area contributed by atoms with Gasteiger partial charge in [-0.3, -0.25) is 4.79 Å². The molecular formula is C22H25NO5S. The number of aryl methyl sites for hydroxylation is 1. The second-order valence-electron chi connectivity index (χ2n) is 7.27. The van der Waals surface area contributed by atoms with Crippen LogP contribution in [0.4, 0.5) is 0 Å². The minimum atomic E-state index is -3.65. The van der Waals surface area contributed by atoms with Crippen molar-refractivity contribution in [3.63, 3.8) is 0 Å². The van der Waals surface area contributed by atoms with Crippen LogP contribution in [0, 0.1) is 6.92 Å². The average molecular weight is 416 g/mol. The molecule has 0 N–H and O–H groups in total. The summed E-state index contributed by atoms with van der Waals surface area (Å²) in [7, 11) is -3.65. The van der Waals surface area contributed by atoms with Crippen molar-refractivity contribution in [2.24, 2.45) is 0 Å². The lowest BCUT2D eigenvalue weighted by Gasteiger charge is -2.26. The molecule has 154 valence electrons. The van der Waals surface area contributed by atoms with Crippen LogP contribution in [0.2, 0.25) is 0 Å². The summed E-state index contributed by atoms with van der Waals surface area (Å²) in [6.07, 6.45) is 1.71. The van der Waals surface area contributed by atoms with Gasteiger partial charge in [-0.1, -0.05) is 42.3 Å². The van der Waals surface area contributed by atoms with Crippen LogP contribution in [-0.2, 0) is 14.8 Å². The molecule has 0 aliphatic carbocycles. The van der Waals surface area contributed by atoms with Crippen molar-refractivity contribution < 1.29 is 22.7 Å². The lowest BCUT2D eigenvalue weighted by atomic mass is 10.1. The number of benzene rings is 2. The second-order valence-corrected chi connectivity index (χ2v) is 9.21. The normalized spacial score (nSPS) is 16.2. The smallest absolute Gasteiger partial charge is 0.338 e. The summed E-state index contributed by atoms with van der Waals surface area (Å²) in [5.41, 5.74) is 1.59. The van der Waals surface area contributed by atoms with E-state index in [2.05, 4.69) is 0 Å². The van der Waals surface area contributed by atoms with E-state index in [1.165, 1.54) is 35.5 Å². The molecule has 2 aromatic rings. The van der Waals surface area contributed by atoms with E-state index in [9.17, 15) is 18.0 Å². The van der Waals surface area contributed by atoms with Crippen LogP contribution >= 0.6 is 0 Å². The second kappa shape index (κ2) is 8.88. The fraction of sp³-hybridized carbons (Fsp3) is 0.364. The Morgan fingerprint density at radius 1 is 0.966 bits per heavy atom. The Morgan fingerprint density at radius 3 is 2.28 bits per heavy atom. The summed E-state index contributed by atoms with van der Waals surface area (Å²) in [6.45, 7) is 4.40. The van der Waals surface area contributed by atoms with Gasteiger partial charge in [-0.25, -0.2) is 13.2 Å². The number of piperidine rings is 1. The monoisotopic (exact) mass is 415 g/mol. The highest BCUT2D eigenvalue weighted by Crippen LogP contribution is 2.22. The third kappa shape index (κ3) is 4.92. The molecule has 1 saturated heterocycles. The first-order valence-electron chi connectivity index (χ1n) is 9.71. The molecule has 3 rings (SSSR count). The van der Waals surface area contributed by atoms with E-state index in [1.54, 1.807) is 12.1 Å². The Kier molecular flexibility index (Phi) is 6.49. The third-order valence-corrected chi connectivity index (χ3v) is 6.91. The molecule has 1 unspecified atom stereocenters. The van der Waals surface area contributed by atoms with Gasteiger partial charge in [0, 0.05) is 18.7 Å². The van der Waals surface area contributed by atoms with E-state index < -0.39 is 22.1 Å². The third-order valence-electron chi connectivity index (χ3n) is 5.01. The summed E-state index contributed by atoms with van der Waals surface area (Å²) in [6, 6.07) is 12.8. The maximum Gasteiger partial charge on any atom is 0.338 e. The molecule has 0 aromatic heterocycles. The summed E-state index contributed by atoms with van der Waals surface area (Å²) in [5, 5.41) is 0. The number of ether oxygens (including phenoxy) is 1. The molecule has 0 saturated carbocycles. The van der Waals surface area contributed by atoms with Crippen molar-refractivity contribution in [1.82, 2.24) is 4.31 Å². The molecule has 6 nitrogen and oxygen atoms in total. The van der Waals surface area contributed by atoms with Crippen LogP contribution in [0.25, 0.3) is 0 Å². The molecule has 1 heterocycles. The maximum absolute atomic E-state index is 12.8. The molecule has 1 aliphatic rings. The van der Waals surface area contributed by atoms with Gasteiger partial charge in [-0.2, -0.15) is 4.31 Å². The van der Waals surface area contributed by atoms with Crippen molar-refractivity contribution >= 4 is 21.8 Å². The molecule has 0 amide bonds. The van der Waals surface area contributed by atoms with Crippen molar-refractivity contribution in [3.05, 3.63) is 65.2 Å². The number of ketones is 1. The molecule has 0 radical (unpaired) electrons. The first kappa shape index (κ1) is 21.2. The predicted molar refractivity (Wildman–Crippen MR) is 109 cm³/mol. The average Bonchev–Trinajstić information content (AvgIpc) is 2.74. The first-order chi connectivity index (χ1) is 13.8. The van der Waals surface area contributed by atoms with Gasteiger partial charge < -0.3 is 4.74 Å². The Hall–Kier alpha value is -2.51. The molecule has 29 heavy (non-hydrogen) atoms. The number of carbonyl (C=O) groups is 2. The molecule has 0 spiro atoms. The van der Waals surface area contributed by atoms with Crippen molar-refractivity contribution in [2.45, 2.75) is 44.1 Å². The quantitative estimate of drug-likeness (QED) is 0.532. The van der Waals surface area contributed by atoms with Crippen molar-refractivity contribution in [3.8, 4) is 0 Å². The predicted octanol–water partition coefficient (Wildman–Crippen LogP) is 3.60. The zero-order valence-corrected chi connectivity index (χ0v) is 17.4. The van der Waals surface area contributed by atoms with Gasteiger partial charge >= 0.3 is 5.97 Å². The van der Waals surface area contributed by atoms with Crippen LogP contribution in [0.5, 0.6) is 0 Å². The van der Waals surface area contributed by atoms with Gasteiger partial charge in [0.15, 0.2) is 6.10 Å². The lowest BCUT2D eigenvalue weighted by Crippen LogP contribution is -2.35. The van der Waals surface area contributed by atoms with E-state index in [4.69, 9.17) is 4.74 Å². The van der Waals surface area contributed by atoms with Crippen LogP contribution in [0.3, 0.4) is 0 Å². The fourth-order valence-corrected chi connectivity index (χ4v) is 4.84. The number of nitrogens with zero attached hydrogens (tertiary/aromatic N) is 1. The summed E-state index contributed by atoms with van der Waals surface area (Å²) >= 11 is 0. The molecule has 1 aliphatic heterocycles. The molecule has 7 heteroatoms. The first-order valence-corrected chi connectivity index (χ1v) is 11.1. The van der Waals surface area contributed by atoms with Gasteiger partial charge in [0.05, 0.1) is 10.5 Å². The maximum atomic E-state index is 12.8. The number of Topliss-reactive ketones (excluding diaryl/α,β-unsaturated/α-hetero) is 1. The highest BCUT2D eigenvalue weighted by molar-refractivity contribution is 7.89. The fourth-order valence-electron chi connectivity index (χ4n) is 3.27. The number of hydrogen-bond donors (Lipinski definition) is 0. The van der Waals surface area contributed by atoms with E-state index in [-0.39, 0.29) is 16.2 Å². The Bertz CT molecular complexity index is 992. The largest absolute Gasteiger partial charge is 0.451 e. The van der Waals surface area contributed by atoms with Gasteiger partial charge in [0.2, 0.25) is 15.8 Å². The van der Waals surface area contributed by atoms with E-state index >= 15 is 0 Å². The van der Waals surface area contributed by atoms with E-state index in [0.717, 1.165) is 24.8 Å². The molecule has 0 bridgehead atoms. The van der Waals surface area contributed by atoms with Crippen LogP contribution in [-0.4, -0.2) is 43.7 Å². The van der Waals surface area contributed by atoms with E-state index in [1.807, 2.05) is 19.1 Å². The Balaban J connectivity index is 1.73. The van der Waals surface area contributed by atoms with Crippen LogP contribution in [0.1, 0.15) is 52.5 Å². The SMILES string of the molecule is Cc1ccc(C(=O)C(C)OC(=O)c2cccc(S(=O)(=O)N3CCCCC3)c2)cc1. The molecular weight excluding hydrogens is 390 g/mol. The number of sulfonamides is 1.